The molecule has 2 rings (SSSR count). The monoisotopic (exact) mass is 318 g/mol. The number of esters is 1. The summed E-state index contributed by atoms with van der Waals surface area (Å²) in [6.45, 7) is 5.68. The van der Waals surface area contributed by atoms with Crippen LogP contribution in [-0.2, 0) is 9.53 Å². The highest BCUT2D eigenvalue weighted by atomic mass is 16.6. The number of nitro groups is 1. The molecule has 0 spiro atoms. The minimum Gasteiger partial charge on any atom is -0.464 e. The number of hydrogen-bond donors (Lipinski definition) is 0. The normalized spacial score (nSPS) is 12.3. The first-order valence-corrected chi connectivity index (χ1v) is 7.27. The van der Waals surface area contributed by atoms with Crippen LogP contribution in [0.25, 0.3) is 10.9 Å². The Balaban J connectivity index is 2.46. The SMILES string of the molecule is CC(C)COC(=O)C(C)n1c(=O)ccc2cc([N+](=O)[O-])ccc21. The molecule has 2 aromatic rings. The van der Waals surface area contributed by atoms with Gasteiger partial charge in [-0.3, -0.25) is 19.5 Å². The van der Waals surface area contributed by atoms with Crippen molar-refractivity contribution in [3.05, 3.63) is 50.8 Å². The average Bonchev–Trinajstić information content (AvgIpc) is 2.51. The number of carbonyl (C=O) groups excluding carboxylic acids is 1. The van der Waals surface area contributed by atoms with Crippen LogP contribution in [0.5, 0.6) is 0 Å². The number of benzene rings is 1. The fourth-order valence-corrected chi connectivity index (χ4v) is 2.24. The lowest BCUT2D eigenvalue weighted by molar-refractivity contribution is -0.384. The number of pyridine rings is 1. The van der Waals surface area contributed by atoms with Gasteiger partial charge in [0.1, 0.15) is 6.04 Å². The third-order valence-corrected chi connectivity index (χ3v) is 3.41. The Morgan fingerprint density at radius 1 is 1.26 bits per heavy atom. The summed E-state index contributed by atoms with van der Waals surface area (Å²) in [5, 5.41) is 11.4. The minimum absolute atomic E-state index is 0.0715. The van der Waals surface area contributed by atoms with Crippen LogP contribution in [0.1, 0.15) is 26.8 Å². The molecule has 0 aliphatic heterocycles. The third kappa shape index (κ3) is 3.56. The molecule has 0 radical (unpaired) electrons. The van der Waals surface area contributed by atoms with Crippen molar-refractivity contribution in [1.29, 1.82) is 0 Å². The number of hydrogen-bond acceptors (Lipinski definition) is 5. The van der Waals surface area contributed by atoms with Gasteiger partial charge in [-0.15, -0.1) is 0 Å². The van der Waals surface area contributed by atoms with Crippen LogP contribution in [0.15, 0.2) is 35.1 Å². The first-order chi connectivity index (χ1) is 10.8. The van der Waals surface area contributed by atoms with Gasteiger partial charge in [-0.2, -0.15) is 0 Å². The Labute approximate surface area is 132 Å². The third-order valence-electron chi connectivity index (χ3n) is 3.41. The number of non-ortho nitro benzene ring substituents is 1. The molecular formula is C16H18N2O5. The second-order valence-electron chi connectivity index (χ2n) is 5.74. The van der Waals surface area contributed by atoms with Gasteiger partial charge >= 0.3 is 5.97 Å². The summed E-state index contributed by atoms with van der Waals surface area (Å²) in [4.78, 5) is 34.6. The zero-order valence-electron chi connectivity index (χ0n) is 13.2. The predicted molar refractivity (Wildman–Crippen MR) is 85.4 cm³/mol. The number of aromatic nitrogens is 1. The van der Waals surface area contributed by atoms with Gasteiger partial charge in [0.25, 0.3) is 11.2 Å². The van der Waals surface area contributed by atoms with Crippen LogP contribution in [0.2, 0.25) is 0 Å². The summed E-state index contributed by atoms with van der Waals surface area (Å²) in [6.07, 6.45) is 0. The highest BCUT2D eigenvalue weighted by Crippen LogP contribution is 2.22. The van der Waals surface area contributed by atoms with Gasteiger partial charge in [0.05, 0.1) is 17.0 Å². The van der Waals surface area contributed by atoms with E-state index in [2.05, 4.69) is 0 Å². The molecule has 1 heterocycles. The van der Waals surface area contributed by atoms with E-state index in [0.717, 1.165) is 0 Å². The van der Waals surface area contributed by atoms with Crippen LogP contribution in [0.4, 0.5) is 5.69 Å². The highest BCUT2D eigenvalue weighted by molar-refractivity contribution is 5.84. The summed E-state index contributed by atoms with van der Waals surface area (Å²) < 4.78 is 6.47. The number of fused-ring (bicyclic) bond motifs is 1. The quantitative estimate of drug-likeness (QED) is 0.480. The molecule has 0 aliphatic carbocycles. The zero-order valence-corrected chi connectivity index (χ0v) is 13.2. The number of nitro benzene ring substituents is 1. The van der Waals surface area contributed by atoms with Crippen molar-refractivity contribution in [3.63, 3.8) is 0 Å². The molecule has 1 aromatic heterocycles. The van der Waals surface area contributed by atoms with E-state index in [0.29, 0.717) is 10.9 Å². The van der Waals surface area contributed by atoms with E-state index in [4.69, 9.17) is 4.74 Å². The van der Waals surface area contributed by atoms with Gasteiger partial charge in [0.15, 0.2) is 0 Å². The first-order valence-electron chi connectivity index (χ1n) is 7.27. The molecule has 1 atom stereocenters. The number of ether oxygens (including phenoxy) is 1. The Morgan fingerprint density at radius 3 is 2.57 bits per heavy atom. The lowest BCUT2D eigenvalue weighted by atomic mass is 10.1. The summed E-state index contributed by atoms with van der Waals surface area (Å²) >= 11 is 0. The molecule has 1 aromatic carbocycles. The summed E-state index contributed by atoms with van der Waals surface area (Å²) in [6, 6.07) is 6.14. The molecule has 0 N–H and O–H groups in total. The van der Waals surface area contributed by atoms with Gasteiger partial charge in [0.2, 0.25) is 0 Å². The van der Waals surface area contributed by atoms with Crippen LogP contribution >= 0.6 is 0 Å². The molecule has 122 valence electrons. The lowest BCUT2D eigenvalue weighted by Crippen LogP contribution is -2.29. The Morgan fingerprint density at radius 2 is 1.96 bits per heavy atom. The Hall–Kier alpha value is -2.70. The molecule has 23 heavy (non-hydrogen) atoms. The molecule has 1 unspecified atom stereocenters. The van der Waals surface area contributed by atoms with Crippen molar-refractivity contribution in [3.8, 4) is 0 Å². The van der Waals surface area contributed by atoms with E-state index in [9.17, 15) is 19.7 Å². The van der Waals surface area contributed by atoms with Crippen molar-refractivity contribution in [2.24, 2.45) is 5.92 Å². The second-order valence-corrected chi connectivity index (χ2v) is 5.74. The van der Waals surface area contributed by atoms with E-state index in [1.165, 1.54) is 34.9 Å². The largest absolute Gasteiger partial charge is 0.464 e. The Bertz CT molecular complexity index is 810. The van der Waals surface area contributed by atoms with Crippen LogP contribution in [0.3, 0.4) is 0 Å². The summed E-state index contributed by atoms with van der Waals surface area (Å²) in [7, 11) is 0. The van der Waals surface area contributed by atoms with Crippen LogP contribution in [-0.4, -0.2) is 22.1 Å². The summed E-state index contributed by atoms with van der Waals surface area (Å²) in [5.74, 6) is -0.315. The number of nitrogens with zero attached hydrogens (tertiary/aromatic N) is 2. The van der Waals surface area contributed by atoms with E-state index < -0.39 is 16.9 Å². The molecule has 0 fully saturated rings. The molecule has 7 nitrogen and oxygen atoms in total. The summed E-state index contributed by atoms with van der Waals surface area (Å²) in [5.41, 5.74) is 0.0233. The van der Waals surface area contributed by atoms with E-state index in [1.807, 2.05) is 13.8 Å². The van der Waals surface area contributed by atoms with Crippen molar-refractivity contribution in [1.82, 2.24) is 4.57 Å². The minimum atomic E-state index is -0.814. The van der Waals surface area contributed by atoms with Crippen molar-refractivity contribution < 1.29 is 14.5 Å². The molecule has 0 saturated carbocycles. The highest BCUT2D eigenvalue weighted by Gasteiger charge is 2.20. The van der Waals surface area contributed by atoms with Gasteiger partial charge < -0.3 is 4.74 Å². The van der Waals surface area contributed by atoms with Gasteiger partial charge in [-0.25, -0.2) is 4.79 Å². The number of carbonyl (C=O) groups is 1. The van der Waals surface area contributed by atoms with Crippen LogP contribution in [0, 0.1) is 16.0 Å². The van der Waals surface area contributed by atoms with Gasteiger partial charge in [-0.05, 0) is 25.0 Å². The topological polar surface area (TPSA) is 91.4 Å². The molecule has 0 bridgehead atoms. The molecule has 7 heteroatoms. The molecule has 0 amide bonds. The maximum absolute atomic E-state index is 12.2. The van der Waals surface area contributed by atoms with Crippen LogP contribution < -0.4 is 5.56 Å². The van der Waals surface area contributed by atoms with Crippen molar-refractivity contribution >= 4 is 22.6 Å². The van der Waals surface area contributed by atoms with E-state index >= 15 is 0 Å². The van der Waals surface area contributed by atoms with Crippen molar-refractivity contribution in [2.45, 2.75) is 26.8 Å². The number of rotatable bonds is 5. The smallest absolute Gasteiger partial charge is 0.328 e. The second kappa shape index (κ2) is 6.60. The predicted octanol–water partition coefficient (Wildman–Crippen LogP) is 2.67. The first kappa shape index (κ1) is 16.7. The van der Waals surface area contributed by atoms with E-state index in [1.54, 1.807) is 6.92 Å². The zero-order chi connectivity index (χ0) is 17.1. The maximum Gasteiger partial charge on any atom is 0.328 e. The van der Waals surface area contributed by atoms with Crippen molar-refractivity contribution in [2.75, 3.05) is 6.61 Å². The standard InChI is InChI=1S/C16H18N2O5/c1-10(2)9-23-16(20)11(3)17-14-6-5-13(18(21)22)8-12(14)4-7-15(17)19/h4-8,10-11H,9H2,1-3H3. The van der Waals surface area contributed by atoms with E-state index in [-0.39, 0.29) is 23.8 Å². The average molecular weight is 318 g/mol. The van der Waals surface area contributed by atoms with Gasteiger partial charge in [0, 0.05) is 23.6 Å². The molecule has 0 saturated heterocycles. The Kier molecular flexibility index (Phi) is 4.78. The fourth-order valence-electron chi connectivity index (χ4n) is 2.24. The lowest BCUT2D eigenvalue weighted by Gasteiger charge is -2.17. The maximum atomic E-state index is 12.2. The fraction of sp³-hybridized carbons (Fsp3) is 0.375. The molecule has 0 aliphatic rings. The molecular weight excluding hydrogens is 300 g/mol. The van der Waals surface area contributed by atoms with Gasteiger partial charge in [-0.1, -0.05) is 13.8 Å².